The van der Waals surface area contributed by atoms with Gasteiger partial charge in [0.1, 0.15) is 4.32 Å². The fourth-order valence-corrected chi connectivity index (χ4v) is 6.27. The Bertz CT molecular complexity index is 1280. The molecule has 0 bridgehead atoms. The van der Waals surface area contributed by atoms with Crippen molar-refractivity contribution in [2.24, 2.45) is 0 Å². The van der Waals surface area contributed by atoms with E-state index in [0.29, 0.717) is 14.2 Å². The quantitative estimate of drug-likeness (QED) is 0.287. The topological polar surface area (TPSA) is 40.6 Å². The summed E-state index contributed by atoms with van der Waals surface area (Å²) in [5.41, 5.74) is 2.47. The highest BCUT2D eigenvalue weighted by Gasteiger charge is 2.34. The second-order valence-electron chi connectivity index (χ2n) is 7.37. The van der Waals surface area contributed by atoms with Crippen molar-refractivity contribution in [1.82, 2.24) is 4.90 Å². The van der Waals surface area contributed by atoms with Crippen molar-refractivity contribution in [2.75, 3.05) is 11.4 Å². The normalized spacial score (nSPS) is 16.2. The van der Waals surface area contributed by atoms with Crippen LogP contribution in [0.15, 0.2) is 87.5 Å². The molecule has 0 aliphatic carbocycles. The van der Waals surface area contributed by atoms with E-state index in [0.717, 1.165) is 26.7 Å². The SMILES string of the molecule is O=C1C(=Cc2ccccc2Cl)SC(=S)N1CCC(=O)N1c2ccccc2Sc2ccccc21. The summed E-state index contributed by atoms with van der Waals surface area (Å²) in [6, 6.07) is 23.0. The Kier molecular flexibility index (Phi) is 6.29. The second-order valence-corrected chi connectivity index (χ2v) is 10.5. The van der Waals surface area contributed by atoms with Gasteiger partial charge < -0.3 is 0 Å². The molecule has 0 atom stereocenters. The van der Waals surface area contributed by atoms with Crippen LogP contribution in [-0.4, -0.2) is 27.6 Å². The number of rotatable bonds is 4. The molecule has 2 heterocycles. The third kappa shape index (κ3) is 4.34. The van der Waals surface area contributed by atoms with Gasteiger partial charge in [-0.25, -0.2) is 0 Å². The predicted octanol–water partition coefficient (Wildman–Crippen LogP) is 6.76. The molecule has 8 heteroatoms. The Morgan fingerprint density at radius 1 is 0.909 bits per heavy atom. The average molecular weight is 509 g/mol. The number of hydrogen-bond donors (Lipinski definition) is 0. The van der Waals surface area contributed by atoms with Gasteiger partial charge in [0.15, 0.2) is 0 Å². The van der Waals surface area contributed by atoms with Gasteiger partial charge in [-0.15, -0.1) is 0 Å². The number of thiocarbonyl (C=S) groups is 1. The van der Waals surface area contributed by atoms with Crippen LogP contribution in [0.25, 0.3) is 6.08 Å². The zero-order chi connectivity index (χ0) is 22.9. The summed E-state index contributed by atoms with van der Waals surface area (Å²) in [6.45, 7) is 0.220. The van der Waals surface area contributed by atoms with Crippen molar-refractivity contribution in [3.8, 4) is 0 Å². The van der Waals surface area contributed by atoms with Crippen molar-refractivity contribution in [2.45, 2.75) is 16.2 Å². The van der Waals surface area contributed by atoms with E-state index in [1.807, 2.05) is 66.7 Å². The number of thioether (sulfide) groups is 1. The van der Waals surface area contributed by atoms with Crippen molar-refractivity contribution < 1.29 is 9.59 Å². The van der Waals surface area contributed by atoms with E-state index in [9.17, 15) is 9.59 Å². The van der Waals surface area contributed by atoms with E-state index in [1.54, 1.807) is 28.8 Å². The molecule has 5 rings (SSSR count). The maximum absolute atomic E-state index is 13.4. The van der Waals surface area contributed by atoms with E-state index in [-0.39, 0.29) is 24.8 Å². The lowest BCUT2D eigenvalue weighted by molar-refractivity contribution is -0.123. The van der Waals surface area contributed by atoms with Crippen LogP contribution in [0.2, 0.25) is 5.02 Å². The second kappa shape index (κ2) is 9.35. The molecular weight excluding hydrogens is 492 g/mol. The molecule has 0 aromatic heterocycles. The molecule has 0 saturated carbocycles. The Morgan fingerprint density at radius 3 is 2.18 bits per heavy atom. The smallest absolute Gasteiger partial charge is 0.266 e. The molecule has 3 aromatic rings. The third-order valence-electron chi connectivity index (χ3n) is 5.30. The lowest BCUT2D eigenvalue weighted by Gasteiger charge is -2.31. The van der Waals surface area contributed by atoms with Crippen LogP contribution in [0.3, 0.4) is 0 Å². The van der Waals surface area contributed by atoms with Crippen LogP contribution >= 0.6 is 47.3 Å². The maximum atomic E-state index is 13.4. The molecule has 0 spiro atoms. The van der Waals surface area contributed by atoms with Gasteiger partial charge in [-0.2, -0.15) is 0 Å². The van der Waals surface area contributed by atoms with Crippen LogP contribution in [0, 0.1) is 0 Å². The molecule has 2 amide bonds. The number of hydrogen-bond acceptors (Lipinski definition) is 5. The summed E-state index contributed by atoms with van der Waals surface area (Å²) in [4.78, 5) is 32.2. The lowest BCUT2D eigenvalue weighted by atomic mass is 10.2. The maximum Gasteiger partial charge on any atom is 0.266 e. The van der Waals surface area contributed by atoms with Gasteiger partial charge in [0.25, 0.3) is 5.91 Å². The largest absolute Gasteiger partial charge is 0.292 e. The molecule has 33 heavy (non-hydrogen) atoms. The number of benzene rings is 3. The highest BCUT2D eigenvalue weighted by atomic mass is 35.5. The van der Waals surface area contributed by atoms with Gasteiger partial charge in [-0.3, -0.25) is 19.4 Å². The fraction of sp³-hybridized carbons (Fsp3) is 0.0800. The summed E-state index contributed by atoms with van der Waals surface area (Å²) < 4.78 is 0.445. The first-order valence-electron chi connectivity index (χ1n) is 10.2. The molecular formula is C25H17ClN2O2S3. The molecule has 1 fully saturated rings. The summed E-state index contributed by atoms with van der Waals surface area (Å²) >= 11 is 14.6. The van der Waals surface area contributed by atoms with E-state index in [1.165, 1.54) is 16.7 Å². The van der Waals surface area contributed by atoms with Gasteiger partial charge in [0.05, 0.1) is 16.3 Å². The molecule has 0 N–H and O–H groups in total. The zero-order valence-corrected chi connectivity index (χ0v) is 20.4. The Balaban J connectivity index is 1.35. The number of carbonyl (C=O) groups excluding carboxylic acids is 2. The molecule has 2 aliphatic heterocycles. The van der Waals surface area contributed by atoms with Gasteiger partial charge >= 0.3 is 0 Å². The first-order chi connectivity index (χ1) is 16.0. The number of nitrogens with zero attached hydrogens (tertiary/aromatic N) is 2. The summed E-state index contributed by atoms with van der Waals surface area (Å²) in [7, 11) is 0. The molecule has 2 aliphatic rings. The van der Waals surface area contributed by atoms with E-state index < -0.39 is 0 Å². The molecule has 1 saturated heterocycles. The van der Waals surface area contributed by atoms with Crippen molar-refractivity contribution in [3.63, 3.8) is 0 Å². The third-order valence-corrected chi connectivity index (χ3v) is 8.15. The fourth-order valence-electron chi connectivity index (χ4n) is 3.72. The minimum atomic E-state index is -0.201. The van der Waals surface area contributed by atoms with Crippen molar-refractivity contribution >= 4 is 80.9 Å². The number of fused-ring (bicyclic) bond motifs is 2. The summed E-state index contributed by atoms with van der Waals surface area (Å²) in [6.07, 6.45) is 1.90. The highest BCUT2D eigenvalue weighted by Crippen LogP contribution is 2.48. The van der Waals surface area contributed by atoms with Crippen LogP contribution in [0.1, 0.15) is 12.0 Å². The molecule has 3 aromatic carbocycles. The lowest BCUT2D eigenvalue weighted by Crippen LogP contribution is -2.35. The Labute approximate surface area is 210 Å². The van der Waals surface area contributed by atoms with Gasteiger partial charge in [-0.1, -0.05) is 89.8 Å². The standard InChI is InChI=1S/C25H17ClN2O2S3/c26-17-8-2-1-7-16(17)15-22-24(30)27(25(31)33-22)14-13-23(29)28-18-9-3-5-11-20(18)32-21-12-6-4-10-19(21)28/h1-12,15H,13-14H2. The van der Waals surface area contributed by atoms with Crippen LogP contribution < -0.4 is 4.90 Å². The first kappa shape index (κ1) is 22.2. The Hall–Kier alpha value is -2.58. The molecule has 0 radical (unpaired) electrons. The van der Waals surface area contributed by atoms with Crippen LogP contribution in [0.5, 0.6) is 0 Å². The van der Waals surface area contributed by atoms with Crippen molar-refractivity contribution in [1.29, 1.82) is 0 Å². The van der Waals surface area contributed by atoms with Gasteiger partial charge in [-0.05, 0) is 42.0 Å². The number of halogens is 1. The number of amides is 2. The highest BCUT2D eigenvalue weighted by molar-refractivity contribution is 8.26. The monoisotopic (exact) mass is 508 g/mol. The zero-order valence-electron chi connectivity index (χ0n) is 17.2. The average Bonchev–Trinajstić information content (AvgIpc) is 3.09. The summed E-state index contributed by atoms with van der Waals surface area (Å²) in [5.74, 6) is -0.285. The van der Waals surface area contributed by atoms with Gasteiger partial charge in [0.2, 0.25) is 5.91 Å². The number of para-hydroxylation sites is 2. The number of carbonyl (C=O) groups is 2. The minimum Gasteiger partial charge on any atom is -0.292 e. The van der Waals surface area contributed by atoms with Crippen molar-refractivity contribution in [3.05, 3.63) is 88.3 Å². The molecule has 4 nitrogen and oxygen atoms in total. The van der Waals surface area contributed by atoms with E-state index in [4.69, 9.17) is 23.8 Å². The predicted molar refractivity (Wildman–Crippen MR) is 140 cm³/mol. The first-order valence-corrected chi connectivity index (χ1v) is 12.6. The van der Waals surface area contributed by atoms with Gasteiger partial charge in [0, 0.05) is 27.8 Å². The molecule has 164 valence electrons. The Morgan fingerprint density at radius 2 is 1.52 bits per heavy atom. The van der Waals surface area contributed by atoms with Crippen LogP contribution in [-0.2, 0) is 9.59 Å². The minimum absolute atomic E-state index is 0.0840. The number of anilines is 2. The summed E-state index contributed by atoms with van der Waals surface area (Å²) in [5, 5.41) is 0.568. The molecule has 0 unspecified atom stereocenters. The van der Waals surface area contributed by atoms with E-state index >= 15 is 0 Å². The van der Waals surface area contributed by atoms with E-state index in [2.05, 4.69) is 0 Å². The van der Waals surface area contributed by atoms with Crippen LogP contribution in [0.4, 0.5) is 11.4 Å².